The van der Waals surface area contributed by atoms with E-state index in [9.17, 15) is 9.59 Å². The molecule has 0 bridgehead atoms. The van der Waals surface area contributed by atoms with Gasteiger partial charge >= 0.3 is 0 Å². The van der Waals surface area contributed by atoms with E-state index in [0.29, 0.717) is 19.0 Å². The van der Waals surface area contributed by atoms with Crippen molar-refractivity contribution in [3.05, 3.63) is 59.7 Å². The van der Waals surface area contributed by atoms with Gasteiger partial charge in [0.05, 0.1) is 6.54 Å². The van der Waals surface area contributed by atoms with Crippen LogP contribution in [0.3, 0.4) is 0 Å². The Morgan fingerprint density at radius 3 is 2.64 bits per heavy atom. The predicted octanol–water partition coefficient (Wildman–Crippen LogP) is 3.76. The number of amides is 2. The van der Waals surface area contributed by atoms with E-state index >= 15 is 0 Å². The summed E-state index contributed by atoms with van der Waals surface area (Å²) >= 11 is 0. The summed E-state index contributed by atoms with van der Waals surface area (Å²) in [5, 5.41) is 2.98. The summed E-state index contributed by atoms with van der Waals surface area (Å²) in [5.41, 5.74) is 4.41. The fraction of sp³-hybridized carbons (Fsp3) is 0.391. The first-order valence-electron chi connectivity index (χ1n) is 10.1. The Morgan fingerprint density at radius 2 is 1.89 bits per heavy atom. The Labute approximate surface area is 166 Å². The first-order chi connectivity index (χ1) is 13.6. The SMILES string of the molecule is CN(CC(=O)Nc1ccc(N2CCCC2=O)cc1)C1CCCc2ccccc21. The van der Waals surface area contributed by atoms with E-state index in [1.807, 2.05) is 31.3 Å². The van der Waals surface area contributed by atoms with Crippen LogP contribution < -0.4 is 10.2 Å². The van der Waals surface area contributed by atoms with Gasteiger partial charge < -0.3 is 10.2 Å². The van der Waals surface area contributed by atoms with E-state index in [4.69, 9.17) is 0 Å². The van der Waals surface area contributed by atoms with Gasteiger partial charge in [-0.25, -0.2) is 0 Å². The molecule has 0 radical (unpaired) electrons. The smallest absolute Gasteiger partial charge is 0.238 e. The monoisotopic (exact) mass is 377 g/mol. The van der Waals surface area contributed by atoms with Crippen molar-refractivity contribution in [2.45, 2.75) is 38.1 Å². The van der Waals surface area contributed by atoms with Crippen molar-refractivity contribution in [3.8, 4) is 0 Å². The number of nitrogens with zero attached hydrogens (tertiary/aromatic N) is 2. The molecule has 2 amide bonds. The lowest BCUT2D eigenvalue weighted by atomic mass is 9.87. The van der Waals surface area contributed by atoms with E-state index in [0.717, 1.165) is 43.6 Å². The number of nitrogens with one attached hydrogen (secondary N) is 1. The average molecular weight is 377 g/mol. The highest BCUT2D eigenvalue weighted by molar-refractivity contribution is 5.96. The second kappa shape index (κ2) is 8.15. The molecule has 4 rings (SSSR count). The molecule has 1 N–H and O–H groups in total. The zero-order valence-corrected chi connectivity index (χ0v) is 16.4. The summed E-state index contributed by atoms with van der Waals surface area (Å²) < 4.78 is 0. The highest BCUT2D eigenvalue weighted by atomic mass is 16.2. The topological polar surface area (TPSA) is 52.7 Å². The number of hydrogen-bond donors (Lipinski definition) is 1. The minimum absolute atomic E-state index is 0.0180. The minimum Gasteiger partial charge on any atom is -0.325 e. The number of carbonyl (C=O) groups excluding carboxylic acids is 2. The summed E-state index contributed by atoms with van der Waals surface area (Å²) in [5.74, 6) is 0.154. The molecule has 1 heterocycles. The maximum absolute atomic E-state index is 12.6. The molecule has 1 atom stereocenters. The van der Waals surface area contributed by atoms with Gasteiger partial charge in [-0.2, -0.15) is 0 Å². The van der Waals surface area contributed by atoms with Crippen molar-refractivity contribution in [1.29, 1.82) is 0 Å². The number of benzene rings is 2. The van der Waals surface area contributed by atoms with Crippen molar-refractivity contribution in [1.82, 2.24) is 4.90 Å². The number of carbonyl (C=O) groups is 2. The molecule has 5 nitrogen and oxygen atoms in total. The summed E-state index contributed by atoms with van der Waals surface area (Å²) in [4.78, 5) is 28.3. The molecule has 0 saturated carbocycles. The number of likely N-dealkylation sites (N-methyl/N-ethyl adjacent to an activating group) is 1. The Hall–Kier alpha value is -2.66. The average Bonchev–Trinajstić information content (AvgIpc) is 3.14. The maximum atomic E-state index is 12.6. The Bertz CT molecular complexity index is 862. The van der Waals surface area contributed by atoms with Crippen LogP contribution in [0.2, 0.25) is 0 Å². The van der Waals surface area contributed by atoms with Gasteiger partial charge in [0.15, 0.2) is 0 Å². The minimum atomic E-state index is -0.0180. The van der Waals surface area contributed by atoms with Gasteiger partial charge in [-0.1, -0.05) is 24.3 Å². The summed E-state index contributed by atoms with van der Waals surface area (Å²) in [6.45, 7) is 1.13. The second-order valence-electron chi connectivity index (χ2n) is 7.77. The number of fused-ring (bicyclic) bond motifs is 1. The van der Waals surface area contributed by atoms with Crippen molar-refractivity contribution in [3.63, 3.8) is 0 Å². The Kier molecular flexibility index (Phi) is 5.44. The molecular weight excluding hydrogens is 350 g/mol. The number of aryl methyl sites for hydroxylation is 1. The van der Waals surface area contributed by atoms with Crippen LogP contribution in [0.4, 0.5) is 11.4 Å². The highest BCUT2D eigenvalue weighted by Crippen LogP contribution is 2.33. The van der Waals surface area contributed by atoms with Crippen molar-refractivity contribution < 1.29 is 9.59 Å². The van der Waals surface area contributed by atoms with Gasteiger partial charge in [0.25, 0.3) is 0 Å². The third-order valence-electron chi connectivity index (χ3n) is 5.80. The van der Waals surface area contributed by atoms with Crippen LogP contribution in [0, 0.1) is 0 Å². The number of hydrogen-bond acceptors (Lipinski definition) is 3. The Morgan fingerprint density at radius 1 is 1.11 bits per heavy atom. The van der Waals surface area contributed by atoms with Crippen LogP contribution in [0.1, 0.15) is 42.9 Å². The van der Waals surface area contributed by atoms with Gasteiger partial charge in [0.2, 0.25) is 11.8 Å². The maximum Gasteiger partial charge on any atom is 0.238 e. The molecule has 5 heteroatoms. The molecule has 2 aromatic rings. The van der Waals surface area contributed by atoms with Crippen molar-refractivity contribution >= 4 is 23.2 Å². The normalized spacial score (nSPS) is 19.0. The largest absolute Gasteiger partial charge is 0.325 e. The van der Waals surface area contributed by atoms with Crippen LogP contribution in [-0.2, 0) is 16.0 Å². The van der Waals surface area contributed by atoms with Gasteiger partial charge in [-0.15, -0.1) is 0 Å². The standard InChI is InChI=1S/C23H27N3O2/c1-25(21-9-4-7-17-6-2-3-8-20(17)21)16-22(27)24-18-11-13-19(14-12-18)26-15-5-10-23(26)28/h2-3,6,8,11-14,21H,4-5,7,9-10,15-16H2,1H3,(H,24,27). The number of anilines is 2. The molecule has 1 aliphatic carbocycles. The lowest BCUT2D eigenvalue weighted by molar-refractivity contribution is -0.118. The third-order valence-corrected chi connectivity index (χ3v) is 5.80. The summed E-state index contributed by atoms with van der Waals surface area (Å²) in [6, 6.07) is 16.4. The lowest BCUT2D eigenvalue weighted by Gasteiger charge is -2.32. The van der Waals surface area contributed by atoms with Crippen LogP contribution >= 0.6 is 0 Å². The fourth-order valence-electron chi connectivity index (χ4n) is 4.37. The molecule has 146 valence electrons. The van der Waals surface area contributed by atoms with E-state index in [1.54, 1.807) is 4.90 Å². The molecule has 1 unspecified atom stereocenters. The molecular formula is C23H27N3O2. The lowest BCUT2D eigenvalue weighted by Crippen LogP contribution is -2.34. The van der Waals surface area contributed by atoms with Crippen molar-refractivity contribution in [2.75, 3.05) is 30.4 Å². The molecule has 0 spiro atoms. The zero-order valence-electron chi connectivity index (χ0n) is 16.4. The van der Waals surface area contributed by atoms with E-state index in [2.05, 4.69) is 34.5 Å². The van der Waals surface area contributed by atoms with Gasteiger partial charge in [0, 0.05) is 30.4 Å². The quantitative estimate of drug-likeness (QED) is 0.863. The second-order valence-corrected chi connectivity index (χ2v) is 7.77. The first-order valence-corrected chi connectivity index (χ1v) is 10.1. The molecule has 1 aliphatic heterocycles. The molecule has 1 saturated heterocycles. The number of rotatable bonds is 5. The highest BCUT2D eigenvalue weighted by Gasteiger charge is 2.25. The van der Waals surface area contributed by atoms with E-state index in [1.165, 1.54) is 11.1 Å². The third kappa shape index (κ3) is 3.94. The predicted molar refractivity (Wildman–Crippen MR) is 111 cm³/mol. The van der Waals surface area contributed by atoms with Crippen LogP contribution in [0.15, 0.2) is 48.5 Å². The first kappa shape index (κ1) is 18.7. The molecule has 2 aromatic carbocycles. The molecule has 28 heavy (non-hydrogen) atoms. The van der Waals surface area contributed by atoms with Crippen molar-refractivity contribution in [2.24, 2.45) is 0 Å². The Balaban J connectivity index is 1.36. The summed E-state index contributed by atoms with van der Waals surface area (Å²) in [6.07, 6.45) is 4.89. The molecule has 1 fully saturated rings. The van der Waals surface area contributed by atoms with Crippen LogP contribution in [0.25, 0.3) is 0 Å². The summed E-state index contributed by atoms with van der Waals surface area (Å²) in [7, 11) is 2.02. The van der Waals surface area contributed by atoms with E-state index in [-0.39, 0.29) is 11.8 Å². The van der Waals surface area contributed by atoms with Gasteiger partial charge in [-0.3, -0.25) is 14.5 Å². The zero-order chi connectivity index (χ0) is 19.5. The molecule has 2 aliphatic rings. The van der Waals surface area contributed by atoms with Crippen LogP contribution in [-0.4, -0.2) is 36.9 Å². The van der Waals surface area contributed by atoms with Crippen LogP contribution in [0.5, 0.6) is 0 Å². The fourth-order valence-corrected chi connectivity index (χ4v) is 4.37. The van der Waals surface area contributed by atoms with E-state index < -0.39 is 0 Å². The van der Waals surface area contributed by atoms with Gasteiger partial charge in [-0.05, 0) is 68.1 Å². The van der Waals surface area contributed by atoms with Gasteiger partial charge in [0.1, 0.15) is 0 Å². The molecule has 0 aromatic heterocycles.